The van der Waals surface area contributed by atoms with Gasteiger partial charge in [-0.05, 0) is 31.9 Å². The molecule has 7 heteroatoms. The van der Waals surface area contributed by atoms with Gasteiger partial charge in [0.1, 0.15) is 11.6 Å². The summed E-state index contributed by atoms with van der Waals surface area (Å²) in [6.07, 6.45) is 1.64. The van der Waals surface area contributed by atoms with Crippen LogP contribution in [-0.4, -0.2) is 29.9 Å². The second-order valence-corrected chi connectivity index (χ2v) is 5.72. The fourth-order valence-electron chi connectivity index (χ4n) is 2.30. The molecule has 0 saturated heterocycles. The maximum Gasteiger partial charge on any atom is 0.229 e. The number of amides is 2. The summed E-state index contributed by atoms with van der Waals surface area (Å²) in [5.74, 6) is 0.0268. The van der Waals surface area contributed by atoms with Crippen molar-refractivity contribution in [1.82, 2.24) is 15.6 Å². The molecule has 25 heavy (non-hydrogen) atoms. The van der Waals surface area contributed by atoms with E-state index < -0.39 is 5.82 Å². The van der Waals surface area contributed by atoms with E-state index in [1.54, 1.807) is 25.1 Å². The molecule has 2 rings (SSSR count). The number of unbranched alkanes of at least 4 members (excludes halogenated alkanes) is 1. The van der Waals surface area contributed by atoms with E-state index in [1.807, 2.05) is 0 Å². The van der Waals surface area contributed by atoms with E-state index in [-0.39, 0.29) is 29.7 Å². The Balaban J connectivity index is 1.83. The summed E-state index contributed by atoms with van der Waals surface area (Å²) < 4.78 is 19.3. The number of oxazole rings is 1. The van der Waals surface area contributed by atoms with Gasteiger partial charge in [-0.15, -0.1) is 0 Å². The molecule has 6 nitrogen and oxygen atoms in total. The van der Waals surface area contributed by atoms with Gasteiger partial charge in [0.05, 0.1) is 17.7 Å². The normalized spacial score (nSPS) is 10.5. The van der Waals surface area contributed by atoms with E-state index in [0.29, 0.717) is 24.5 Å². The van der Waals surface area contributed by atoms with Gasteiger partial charge in [0.15, 0.2) is 0 Å². The second kappa shape index (κ2) is 8.96. The molecular formula is C18H22FN3O3. The average molecular weight is 347 g/mol. The maximum absolute atomic E-state index is 13.8. The molecule has 0 aliphatic rings. The Morgan fingerprint density at radius 1 is 1.16 bits per heavy atom. The first-order valence-electron chi connectivity index (χ1n) is 8.19. The molecule has 2 N–H and O–H groups in total. The first-order chi connectivity index (χ1) is 12.0. The van der Waals surface area contributed by atoms with Crippen LogP contribution in [-0.2, 0) is 16.0 Å². The summed E-state index contributed by atoms with van der Waals surface area (Å²) in [5.41, 5.74) is 0.768. The molecule has 0 unspecified atom stereocenters. The predicted molar refractivity (Wildman–Crippen MR) is 91.3 cm³/mol. The largest absolute Gasteiger partial charge is 0.441 e. The van der Waals surface area contributed by atoms with Crippen LogP contribution in [0.2, 0.25) is 0 Å². The van der Waals surface area contributed by atoms with Crippen LogP contribution in [0.5, 0.6) is 0 Å². The zero-order chi connectivity index (χ0) is 18.2. The number of nitrogens with zero attached hydrogens (tertiary/aromatic N) is 1. The number of aromatic nitrogens is 1. The van der Waals surface area contributed by atoms with Crippen LogP contribution < -0.4 is 10.6 Å². The van der Waals surface area contributed by atoms with Gasteiger partial charge in [-0.25, -0.2) is 9.37 Å². The molecule has 0 aliphatic carbocycles. The van der Waals surface area contributed by atoms with Crippen molar-refractivity contribution >= 4 is 11.8 Å². The minimum Gasteiger partial charge on any atom is -0.441 e. The topological polar surface area (TPSA) is 84.2 Å². The van der Waals surface area contributed by atoms with Gasteiger partial charge >= 0.3 is 0 Å². The molecule has 0 atom stereocenters. The molecule has 0 fully saturated rings. The van der Waals surface area contributed by atoms with Gasteiger partial charge in [-0.1, -0.05) is 12.1 Å². The quantitative estimate of drug-likeness (QED) is 0.718. The molecule has 2 aromatic rings. The summed E-state index contributed by atoms with van der Waals surface area (Å²) in [6.45, 7) is 4.29. The Kier molecular flexibility index (Phi) is 6.68. The lowest BCUT2D eigenvalue weighted by atomic mass is 10.2. The number of rotatable bonds is 8. The van der Waals surface area contributed by atoms with Crippen LogP contribution in [0.4, 0.5) is 4.39 Å². The number of aryl methyl sites for hydroxylation is 1. The van der Waals surface area contributed by atoms with Crippen molar-refractivity contribution in [1.29, 1.82) is 0 Å². The monoisotopic (exact) mass is 347 g/mol. The lowest BCUT2D eigenvalue weighted by molar-refractivity contribution is -0.121. The number of hydrogen-bond acceptors (Lipinski definition) is 4. The van der Waals surface area contributed by atoms with E-state index in [9.17, 15) is 14.0 Å². The van der Waals surface area contributed by atoms with Crippen molar-refractivity contribution < 1.29 is 18.4 Å². The van der Waals surface area contributed by atoms with Gasteiger partial charge in [0.25, 0.3) is 0 Å². The molecule has 0 radical (unpaired) electrons. The Morgan fingerprint density at radius 2 is 1.84 bits per heavy atom. The van der Waals surface area contributed by atoms with Crippen molar-refractivity contribution in [3.05, 3.63) is 41.5 Å². The Labute approximate surface area is 145 Å². The van der Waals surface area contributed by atoms with Crippen LogP contribution in [0, 0.1) is 12.7 Å². The summed E-state index contributed by atoms with van der Waals surface area (Å²) in [5, 5.41) is 5.50. The number of halogens is 1. The number of carbonyl (C=O) groups excluding carboxylic acids is 2. The highest BCUT2D eigenvalue weighted by atomic mass is 19.1. The van der Waals surface area contributed by atoms with Gasteiger partial charge in [-0.2, -0.15) is 0 Å². The molecule has 0 saturated carbocycles. The summed E-state index contributed by atoms with van der Waals surface area (Å²) in [6, 6.07) is 6.21. The van der Waals surface area contributed by atoms with Gasteiger partial charge in [-0.3, -0.25) is 9.59 Å². The minimum atomic E-state index is -0.418. The third-order valence-electron chi connectivity index (χ3n) is 3.62. The second-order valence-electron chi connectivity index (χ2n) is 5.72. The number of benzene rings is 1. The third kappa shape index (κ3) is 5.70. The highest BCUT2D eigenvalue weighted by Gasteiger charge is 2.16. The highest BCUT2D eigenvalue weighted by Crippen LogP contribution is 2.24. The molecule has 0 spiro atoms. The standard InChI is InChI=1S/C18H22FN3O3/c1-12-16(11-17(24)21-10-6-5-9-20-13(2)23)22-18(25-12)14-7-3-4-8-15(14)19/h3-4,7-8H,5-6,9-11H2,1-2H3,(H,20,23)(H,21,24). The smallest absolute Gasteiger partial charge is 0.229 e. The highest BCUT2D eigenvalue weighted by molar-refractivity contribution is 5.78. The van der Waals surface area contributed by atoms with Crippen molar-refractivity contribution in [2.75, 3.05) is 13.1 Å². The van der Waals surface area contributed by atoms with Crippen LogP contribution in [0.25, 0.3) is 11.5 Å². The first kappa shape index (κ1) is 18.6. The zero-order valence-electron chi connectivity index (χ0n) is 14.4. The van der Waals surface area contributed by atoms with Gasteiger partial charge in [0, 0.05) is 20.0 Å². The number of nitrogens with one attached hydrogen (secondary N) is 2. The molecule has 1 aromatic carbocycles. The van der Waals surface area contributed by atoms with Crippen LogP contribution in [0.1, 0.15) is 31.2 Å². The molecule has 1 aromatic heterocycles. The van der Waals surface area contributed by atoms with E-state index in [2.05, 4.69) is 15.6 Å². The fourth-order valence-corrected chi connectivity index (χ4v) is 2.30. The third-order valence-corrected chi connectivity index (χ3v) is 3.62. The summed E-state index contributed by atoms with van der Waals surface area (Å²) in [4.78, 5) is 26.9. The molecule has 134 valence electrons. The van der Waals surface area contributed by atoms with Gasteiger partial charge < -0.3 is 15.1 Å². The van der Waals surface area contributed by atoms with Crippen molar-refractivity contribution in [3.63, 3.8) is 0 Å². The molecule has 0 bridgehead atoms. The Hall–Kier alpha value is -2.70. The predicted octanol–water partition coefficient (Wildman–Crippen LogP) is 2.36. The van der Waals surface area contributed by atoms with Crippen molar-refractivity contribution in [3.8, 4) is 11.5 Å². The van der Waals surface area contributed by atoms with Crippen molar-refractivity contribution in [2.24, 2.45) is 0 Å². The van der Waals surface area contributed by atoms with E-state index >= 15 is 0 Å². The lowest BCUT2D eigenvalue weighted by Gasteiger charge is -2.04. The first-order valence-corrected chi connectivity index (χ1v) is 8.19. The number of carbonyl (C=O) groups is 2. The Bertz CT molecular complexity index is 743. The van der Waals surface area contributed by atoms with E-state index in [4.69, 9.17) is 4.42 Å². The fraction of sp³-hybridized carbons (Fsp3) is 0.389. The SMILES string of the molecule is CC(=O)NCCCCNC(=O)Cc1nc(-c2ccccc2F)oc1C. The van der Waals surface area contributed by atoms with Crippen LogP contribution in [0.15, 0.2) is 28.7 Å². The van der Waals surface area contributed by atoms with Gasteiger partial charge in [0.2, 0.25) is 17.7 Å². The van der Waals surface area contributed by atoms with E-state index in [0.717, 1.165) is 12.8 Å². The summed E-state index contributed by atoms with van der Waals surface area (Å²) in [7, 11) is 0. The van der Waals surface area contributed by atoms with Crippen LogP contribution >= 0.6 is 0 Å². The molecule has 2 amide bonds. The van der Waals surface area contributed by atoms with Crippen molar-refractivity contribution in [2.45, 2.75) is 33.1 Å². The maximum atomic E-state index is 13.8. The molecular weight excluding hydrogens is 325 g/mol. The van der Waals surface area contributed by atoms with Crippen LogP contribution in [0.3, 0.4) is 0 Å². The number of hydrogen-bond donors (Lipinski definition) is 2. The Morgan fingerprint density at radius 3 is 2.52 bits per heavy atom. The van der Waals surface area contributed by atoms with E-state index in [1.165, 1.54) is 13.0 Å². The lowest BCUT2D eigenvalue weighted by Crippen LogP contribution is -2.27. The summed E-state index contributed by atoms with van der Waals surface area (Å²) >= 11 is 0. The average Bonchev–Trinajstić information content (AvgIpc) is 2.91. The molecule has 0 aliphatic heterocycles. The molecule has 1 heterocycles. The zero-order valence-corrected chi connectivity index (χ0v) is 14.4. The minimum absolute atomic E-state index is 0.0591.